The van der Waals surface area contributed by atoms with E-state index in [1.165, 1.54) is 0 Å². The molecule has 0 unspecified atom stereocenters. The Balaban J connectivity index is 1.35. The Kier molecular flexibility index (Phi) is 4.32. The number of piperazine rings is 1. The molecule has 5 heteroatoms. The first-order chi connectivity index (χ1) is 12.2. The zero-order valence-corrected chi connectivity index (χ0v) is 14.5. The largest absolute Gasteiger partial charge is 0.461 e. The summed E-state index contributed by atoms with van der Waals surface area (Å²) in [5.41, 5.74) is 1.58. The molecule has 0 atom stereocenters. The summed E-state index contributed by atoms with van der Waals surface area (Å²) in [6.07, 6.45) is 4.18. The summed E-state index contributed by atoms with van der Waals surface area (Å²) in [5.74, 6) is 0.988. The van der Waals surface area contributed by atoms with Gasteiger partial charge in [0.1, 0.15) is 11.3 Å². The van der Waals surface area contributed by atoms with Gasteiger partial charge in [0.2, 0.25) is 0 Å². The Hall–Kier alpha value is -2.53. The molecule has 0 radical (unpaired) electrons. The van der Waals surface area contributed by atoms with Gasteiger partial charge >= 0.3 is 0 Å². The summed E-state index contributed by atoms with van der Waals surface area (Å²) in [6, 6.07) is 11.8. The van der Waals surface area contributed by atoms with Crippen LogP contribution in [0.15, 0.2) is 53.2 Å². The first-order valence-corrected chi connectivity index (χ1v) is 8.82. The molecule has 0 spiro atoms. The molecular weight excluding hydrogens is 314 g/mol. The van der Waals surface area contributed by atoms with Gasteiger partial charge in [-0.25, -0.2) is 0 Å². The second-order valence-corrected chi connectivity index (χ2v) is 6.66. The molecule has 0 N–H and O–H groups in total. The number of aryl methyl sites for hydroxylation is 1. The van der Waals surface area contributed by atoms with Gasteiger partial charge in [0.25, 0.3) is 5.91 Å². The van der Waals surface area contributed by atoms with E-state index < -0.39 is 0 Å². The highest BCUT2D eigenvalue weighted by molar-refractivity contribution is 5.97. The lowest BCUT2D eigenvalue weighted by Crippen LogP contribution is -2.49. The molecule has 0 bridgehead atoms. The van der Waals surface area contributed by atoms with E-state index in [1.54, 1.807) is 0 Å². The molecule has 0 aliphatic carbocycles. The van der Waals surface area contributed by atoms with Crippen molar-refractivity contribution in [1.82, 2.24) is 14.4 Å². The quantitative estimate of drug-likeness (QED) is 0.735. The molecule has 1 aromatic carbocycles. The standard InChI is InChI=1S/C20H23N3O2/c1-16-14-18-15-17(4-5-19(18)25-16)20(24)23-12-10-22(11-13-23)9-8-21-6-2-3-7-21/h2-7,14-15H,8-13H2,1H3. The van der Waals surface area contributed by atoms with Crippen LogP contribution in [0.4, 0.5) is 0 Å². The topological polar surface area (TPSA) is 41.6 Å². The predicted octanol–water partition coefficient (Wildman–Crippen LogP) is 3.00. The molecule has 1 aliphatic rings. The van der Waals surface area contributed by atoms with E-state index in [2.05, 4.69) is 34.0 Å². The van der Waals surface area contributed by atoms with E-state index in [0.717, 1.165) is 61.6 Å². The second kappa shape index (κ2) is 6.76. The normalized spacial score (nSPS) is 15.8. The zero-order valence-electron chi connectivity index (χ0n) is 14.5. The maximum absolute atomic E-state index is 12.8. The maximum Gasteiger partial charge on any atom is 0.253 e. The Labute approximate surface area is 147 Å². The fraction of sp³-hybridized carbons (Fsp3) is 0.350. The van der Waals surface area contributed by atoms with E-state index in [-0.39, 0.29) is 5.91 Å². The Bertz CT molecular complexity index is 858. The number of aromatic nitrogens is 1. The summed E-state index contributed by atoms with van der Waals surface area (Å²) in [6.45, 7) is 7.38. The fourth-order valence-corrected chi connectivity index (χ4v) is 3.44. The van der Waals surface area contributed by atoms with Gasteiger partial charge in [-0.1, -0.05) is 0 Å². The predicted molar refractivity (Wildman–Crippen MR) is 97.7 cm³/mol. The second-order valence-electron chi connectivity index (χ2n) is 6.66. The molecule has 25 heavy (non-hydrogen) atoms. The number of rotatable bonds is 4. The Morgan fingerprint density at radius 2 is 1.80 bits per heavy atom. The number of carbonyl (C=O) groups excluding carboxylic acids is 1. The van der Waals surface area contributed by atoms with Crippen molar-refractivity contribution < 1.29 is 9.21 Å². The zero-order chi connectivity index (χ0) is 17.2. The van der Waals surface area contributed by atoms with Crippen LogP contribution in [0.3, 0.4) is 0 Å². The molecule has 0 saturated carbocycles. The summed E-state index contributed by atoms with van der Waals surface area (Å²) in [7, 11) is 0. The molecule has 5 nitrogen and oxygen atoms in total. The van der Waals surface area contributed by atoms with E-state index in [1.807, 2.05) is 36.1 Å². The van der Waals surface area contributed by atoms with Crippen LogP contribution in [-0.2, 0) is 6.54 Å². The monoisotopic (exact) mass is 337 g/mol. The minimum atomic E-state index is 0.116. The van der Waals surface area contributed by atoms with Crippen LogP contribution in [0.1, 0.15) is 16.1 Å². The smallest absolute Gasteiger partial charge is 0.253 e. The van der Waals surface area contributed by atoms with Crippen LogP contribution in [0.25, 0.3) is 11.0 Å². The summed E-state index contributed by atoms with van der Waals surface area (Å²) >= 11 is 0. The van der Waals surface area contributed by atoms with Crippen LogP contribution in [0.2, 0.25) is 0 Å². The third-order valence-corrected chi connectivity index (χ3v) is 4.89. The summed E-state index contributed by atoms with van der Waals surface area (Å²) in [5, 5.41) is 0.994. The number of carbonyl (C=O) groups is 1. The van der Waals surface area contributed by atoms with Gasteiger partial charge in [-0.2, -0.15) is 0 Å². The number of benzene rings is 1. The van der Waals surface area contributed by atoms with Crippen molar-refractivity contribution in [2.75, 3.05) is 32.7 Å². The highest BCUT2D eigenvalue weighted by Crippen LogP contribution is 2.21. The lowest BCUT2D eigenvalue weighted by molar-refractivity contribution is 0.0633. The number of nitrogens with zero attached hydrogens (tertiary/aromatic N) is 3. The van der Waals surface area contributed by atoms with Gasteiger partial charge in [-0.05, 0) is 43.3 Å². The Morgan fingerprint density at radius 1 is 1.04 bits per heavy atom. The number of hydrogen-bond donors (Lipinski definition) is 0. The molecular formula is C20H23N3O2. The minimum Gasteiger partial charge on any atom is -0.461 e. The summed E-state index contributed by atoms with van der Waals surface area (Å²) < 4.78 is 7.78. The van der Waals surface area contributed by atoms with Crippen LogP contribution >= 0.6 is 0 Å². The summed E-state index contributed by atoms with van der Waals surface area (Å²) in [4.78, 5) is 17.2. The SMILES string of the molecule is Cc1cc2cc(C(=O)N3CCN(CCn4cccc4)CC3)ccc2o1. The van der Waals surface area contributed by atoms with Gasteiger partial charge < -0.3 is 13.9 Å². The highest BCUT2D eigenvalue weighted by atomic mass is 16.3. The highest BCUT2D eigenvalue weighted by Gasteiger charge is 2.22. The molecule has 130 valence electrons. The first-order valence-electron chi connectivity index (χ1n) is 8.82. The van der Waals surface area contributed by atoms with Gasteiger partial charge in [-0.3, -0.25) is 9.69 Å². The number of fused-ring (bicyclic) bond motifs is 1. The fourth-order valence-electron chi connectivity index (χ4n) is 3.44. The average molecular weight is 337 g/mol. The molecule has 1 amide bonds. The molecule has 2 aromatic heterocycles. The lowest BCUT2D eigenvalue weighted by atomic mass is 10.1. The molecule has 3 aromatic rings. The van der Waals surface area contributed by atoms with Gasteiger partial charge in [0.15, 0.2) is 0 Å². The number of amides is 1. The van der Waals surface area contributed by atoms with Crippen molar-refractivity contribution in [3.63, 3.8) is 0 Å². The molecule has 4 rings (SSSR count). The van der Waals surface area contributed by atoms with Crippen LogP contribution in [0, 0.1) is 6.92 Å². The van der Waals surface area contributed by atoms with E-state index in [4.69, 9.17) is 4.42 Å². The van der Waals surface area contributed by atoms with Crippen LogP contribution in [-0.4, -0.2) is 53.0 Å². The molecule has 1 fully saturated rings. The van der Waals surface area contributed by atoms with E-state index in [9.17, 15) is 4.79 Å². The van der Waals surface area contributed by atoms with E-state index >= 15 is 0 Å². The average Bonchev–Trinajstić information content (AvgIpc) is 3.27. The molecule has 1 saturated heterocycles. The van der Waals surface area contributed by atoms with Crippen molar-refractivity contribution in [3.05, 3.63) is 60.1 Å². The van der Waals surface area contributed by atoms with E-state index in [0.29, 0.717) is 0 Å². The number of furan rings is 1. The van der Waals surface area contributed by atoms with Gasteiger partial charge in [0.05, 0.1) is 0 Å². The number of hydrogen-bond acceptors (Lipinski definition) is 3. The van der Waals surface area contributed by atoms with Crippen molar-refractivity contribution in [3.8, 4) is 0 Å². The van der Waals surface area contributed by atoms with Gasteiger partial charge in [-0.15, -0.1) is 0 Å². The van der Waals surface area contributed by atoms with Crippen LogP contribution in [0.5, 0.6) is 0 Å². The van der Waals surface area contributed by atoms with Crippen molar-refractivity contribution in [1.29, 1.82) is 0 Å². The van der Waals surface area contributed by atoms with Crippen LogP contribution < -0.4 is 0 Å². The minimum absolute atomic E-state index is 0.116. The molecule has 1 aliphatic heterocycles. The van der Waals surface area contributed by atoms with Crippen molar-refractivity contribution >= 4 is 16.9 Å². The van der Waals surface area contributed by atoms with Gasteiger partial charge in [0, 0.05) is 62.6 Å². The third kappa shape index (κ3) is 3.46. The van der Waals surface area contributed by atoms with Crippen molar-refractivity contribution in [2.24, 2.45) is 0 Å². The first kappa shape index (κ1) is 16.0. The molecule has 3 heterocycles. The lowest BCUT2D eigenvalue weighted by Gasteiger charge is -2.34. The third-order valence-electron chi connectivity index (χ3n) is 4.89. The maximum atomic E-state index is 12.8. The Morgan fingerprint density at radius 3 is 2.56 bits per heavy atom. The van der Waals surface area contributed by atoms with Crippen molar-refractivity contribution in [2.45, 2.75) is 13.5 Å².